The SMILES string of the molecule is COCC(=O)NC(=O)C(O)C(C)N. The number of hydrogen-bond donors (Lipinski definition) is 3. The van der Waals surface area contributed by atoms with Gasteiger partial charge in [0.05, 0.1) is 0 Å². The number of nitrogens with one attached hydrogen (secondary N) is 1. The molecule has 0 aromatic rings. The molecular formula is C7H14N2O4. The maximum Gasteiger partial charge on any atom is 0.257 e. The van der Waals surface area contributed by atoms with Crippen molar-refractivity contribution < 1.29 is 19.4 Å². The predicted octanol–water partition coefficient (Wildman–Crippen LogP) is -2.02. The van der Waals surface area contributed by atoms with Gasteiger partial charge < -0.3 is 15.6 Å². The highest BCUT2D eigenvalue weighted by molar-refractivity contribution is 5.97. The van der Waals surface area contributed by atoms with Gasteiger partial charge in [-0.25, -0.2) is 0 Å². The number of rotatable bonds is 4. The lowest BCUT2D eigenvalue weighted by atomic mass is 10.2. The van der Waals surface area contributed by atoms with Gasteiger partial charge in [0.15, 0.2) is 0 Å². The second-order valence-electron chi connectivity index (χ2n) is 2.65. The van der Waals surface area contributed by atoms with Crippen molar-refractivity contribution in [2.45, 2.75) is 19.1 Å². The molecule has 6 nitrogen and oxygen atoms in total. The van der Waals surface area contributed by atoms with Gasteiger partial charge in [-0.15, -0.1) is 0 Å². The van der Waals surface area contributed by atoms with Crippen LogP contribution in [0, 0.1) is 0 Å². The lowest BCUT2D eigenvalue weighted by molar-refractivity contribution is -0.137. The molecule has 0 heterocycles. The molecule has 0 aliphatic rings. The minimum Gasteiger partial charge on any atom is -0.382 e. The number of ether oxygens (including phenoxy) is 1. The van der Waals surface area contributed by atoms with E-state index in [2.05, 4.69) is 4.74 Å². The topological polar surface area (TPSA) is 102 Å². The van der Waals surface area contributed by atoms with Crippen molar-refractivity contribution in [1.82, 2.24) is 5.32 Å². The Morgan fingerprint density at radius 1 is 1.62 bits per heavy atom. The molecule has 13 heavy (non-hydrogen) atoms. The molecule has 76 valence electrons. The molecule has 6 heteroatoms. The Bertz CT molecular complexity index is 193. The standard InChI is InChI=1S/C7H14N2O4/c1-4(8)6(11)7(12)9-5(10)3-13-2/h4,6,11H,3,8H2,1-2H3,(H,9,10,12). The summed E-state index contributed by atoms with van der Waals surface area (Å²) >= 11 is 0. The summed E-state index contributed by atoms with van der Waals surface area (Å²) in [6, 6.07) is -0.713. The molecule has 0 fully saturated rings. The second-order valence-corrected chi connectivity index (χ2v) is 2.65. The molecule has 0 aliphatic heterocycles. The van der Waals surface area contributed by atoms with Crippen molar-refractivity contribution in [2.24, 2.45) is 5.73 Å². The molecular weight excluding hydrogens is 176 g/mol. The number of imide groups is 1. The zero-order chi connectivity index (χ0) is 10.4. The molecule has 0 aromatic carbocycles. The van der Waals surface area contributed by atoms with Crippen LogP contribution >= 0.6 is 0 Å². The smallest absolute Gasteiger partial charge is 0.257 e. The molecule has 0 aliphatic carbocycles. The zero-order valence-corrected chi connectivity index (χ0v) is 7.61. The van der Waals surface area contributed by atoms with Gasteiger partial charge in [0.25, 0.3) is 11.8 Å². The highest BCUT2D eigenvalue weighted by atomic mass is 16.5. The van der Waals surface area contributed by atoms with Crippen molar-refractivity contribution in [3.05, 3.63) is 0 Å². The first kappa shape index (κ1) is 12.0. The van der Waals surface area contributed by atoms with Crippen LogP contribution in [0.15, 0.2) is 0 Å². The van der Waals surface area contributed by atoms with E-state index in [-0.39, 0.29) is 6.61 Å². The number of nitrogens with two attached hydrogens (primary N) is 1. The van der Waals surface area contributed by atoms with Crippen molar-refractivity contribution in [2.75, 3.05) is 13.7 Å². The Morgan fingerprint density at radius 2 is 2.15 bits per heavy atom. The van der Waals surface area contributed by atoms with Crippen LogP contribution in [0.2, 0.25) is 0 Å². The van der Waals surface area contributed by atoms with Crippen LogP contribution in [0.5, 0.6) is 0 Å². The van der Waals surface area contributed by atoms with Crippen molar-refractivity contribution in [3.8, 4) is 0 Å². The molecule has 2 unspecified atom stereocenters. The summed E-state index contributed by atoms with van der Waals surface area (Å²) in [6.07, 6.45) is -1.37. The van der Waals surface area contributed by atoms with Gasteiger partial charge in [0.1, 0.15) is 12.7 Å². The first-order valence-corrected chi connectivity index (χ1v) is 3.75. The van der Waals surface area contributed by atoms with E-state index in [1.165, 1.54) is 14.0 Å². The van der Waals surface area contributed by atoms with Crippen LogP contribution in [0.3, 0.4) is 0 Å². The number of carbonyl (C=O) groups is 2. The largest absolute Gasteiger partial charge is 0.382 e. The zero-order valence-electron chi connectivity index (χ0n) is 7.61. The highest BCUT2D eigenvalue weighted by Crippen LogP contribution is 1.88. The Hall–Kier alpha value is -0.980. The minimum atomic E-state index is -1.37. The average Bonchev–Trinajstić information content (AvgIpc) is 2.03. The van der Waals surface area contributed by atoms with E-state index >= 15 is 0 Å². The summed E-state index contributed by atoms with van der Waals surface area (Å²) in [6.45, 7) is 1.24. The molecule has 0 rings (SSSR count). The summed E-state index contributed by atoms with van der Waals surface area (Å²) in [5.41, 5.74) is 5.23. The Labute approximate surface area is 76.0 Å². The molecule has 0 bridgehead atoms. The lowest BCUT2D eigenvalue weighted by Crippen LogP contribution is -2.47. The van der Waals surface area contributed by atoms with E-state index in [1.807, 2.05) is 5.32 Å². The number of carbonyl (C=O) groups excluding carboxylic acids is 2. The van der Waals surface area contributed by atoms with Crippen molar-refractivity contribution >= 4 is 11.8 Å². The Morgan fingerprint density at radius 3 is 2.54 bits per heavy atom. The van der Waals surface area contributed by atoms with E-state index in [1.54, 1.807) is 0 Å². The van der Waals surface area contributed by atoms with Crippen LogP contribution in [-0.2, 0) is 14.3 Å². The van der Waals surface area contributed by atoms with Gasteiger partial charge in [0.2, 0.25) is 0 Å². The molecule has 0 saturated carbocycles. The van der Waals surface area contributed by atoms with Crippen LogP contribution in [0.4, 0.5) is 0 Å². The molecule has 0 saturated heterocycles. The normalized spacial score (nSPS) is 14.8. The second kappa shape index (κ2) is 5.63. The summed E-state index contributed by atoms with van der Waals surface area (Å²) in [7, 11) is 1.33. The summed E-state index contributed by atoms with van der Waals surface area (Å²) in [5.74, 6) is -1.41. The molecule has 0 aromatic heterocycles. The van der Waals surface area contributed by atoms with E-state index < -0.39 is 24.0 Å². The van der Waals surface area contributed by atoms with Gasteiger partial charge >= 0.3 is 0 Å². The van der Waals surface area contributed by atoms with Gasteiger partial charge in [-0.2, -0.15) is 0 Å². The fourth-order valence-electron chi connectivity index (χ4n) is 0.617. The Balaban J connectivity index is 3.93. The van der Waals surface area contributed by atoms with Crippen molar-refractivity contribution in [1.29, 1.82) is 0 Å². The number of aliphatic hydroxyl groups excluding tert-OH is 1. The summed E-state index contributed by atoms with van der Waals surface area (Å²) in [4.78, 5) is 21.7. The first-order valence-electron chi connectivity index (χ1n) is 3.75. The fourth-order valence-corrected chi connectivity index (χ4v) is 0.617. The van der Waals surface area contributed by atoms with Gasteiger partial charge in [-0.3, -0.25) is 14.9 Å². The highest BCUT2D eigenvalue weighted by Gasteiger charge is 2.20. The molecule has 2 amide bonds. The van der Waals surface area contributed by atoms with E-state index in [0.29, 0.717) is 0 Å². The van der Waals surface area contributed by atoms with Gasteiger partial charge in [0, 0.05) is 13.2 Å². The molecule has 0 spiro atoms. The van der Waals surface area contributed by atoms with Crippen LogP contribution in [0.25, 0.3) is 0 Å². The number of amides is 2. The van der Waals surface area contributed by atoms with Gasteiger partial charge in [-0.1, -0.05) is 0 Å². The van der Waals surface area contributed by atoms with E-state index in [4.69, 9.17) is 10.8 Å². The first-order chi connectivity index (χ1) is 5.99. The third-order valence-electron chi connectivity index (χ3n) is 1.30. The maximum atomic E-state index is 11.0. The quantitative estimate of drug-likeness (QED) is 0.475. The summed E-state index contributed by atoms with van der Waals surface area (Å²) < 4.78 is 4.47. The number of aliphatic hydroxyl groups is 1. The minimum absolute atomic E-state index is 0.225. The molecule has 0 radical (unpaired) electrons. The van der Waals surface area contributed by atoms with Gasteiger partial charge in [-0.05, 0) is 6.92 Å². The van der Waals surface area contributed by atoms with E-state index in [0.717, 1.165) is 0 Å². The number of hydrogen-bond acceptors (Lipinski definition) is 5. The molecule has 2 atom stereocenters. The predicted molar refractivity (Wildman–Crippen MR) is 44.7 cm³/mol. The number of methoxy groups -OCH3 is 1. The van der Waals surface area contributed by atoms with E-state index in [9.17, 15) is 9.59 Å². The van der Waals surface area contributed by atoms with Crippen molar-refractivity contribution in [3.63, 3.8) is 0 Å². The third-order valence-corrected chi connectivity index (χ3v) is 1.30. The van der Waals surface area contributed by atoms with Crippen LogP contribution < -0.4 is 11.1 Å². The average molecular weight is 190 g/mol. The monoisotopic (exact) mass is 190 g/mol. The molecule has 4 N–H and O–H groups in total. The summed E-state index contributed by atoms with van der Waals surface area (Å²) in [5, 5.41) is 11.0. The fraction of sp³-hybridized carbons (Fsp3) is 0.714. The van der Waals surface area contributed by atoms with Crippen LogP contribution in [-0.4, -0.2) is 42.8 Å². The van der Waals surface area contributed by atoms with Crippen LogP contribution in [0.1, 0.15) is 6.92 Å². The Kier molecular flexibility index (Phi) is 5.20. The lowest BCUT2D eigenvalue weighted by Gasteiger charge is -2.12. The maximum absolute atomic E-state index is 11.0. The third kappa shape index (κ3) is 4.56.